The molecule has 1 aliphatic heterocycles. The number of amides is 2. The molecular formula is C28H34N4O4S. The lowest BCUT2D eigenvalue weighted by Gasteiger charge is -2.29. The highest BCUT2D eigenvalue weighted by molar-refractivity contribution is 7.89. The average Bonchev–Trinajstić information content (AvgIpc) is 3.40. The van der Waals surface area contributed by atoms with E-state index in [1.165, 1.54) is 4.90 Å². The number of nitrogens with one attached hydrogen (secondary N) is 2. The third kappa shape index (κ3) is 6.74. The molecule has 1 heterocycles. The zero-order chi connectivity index (χ0) is 26.3. The first-order valence-corrected chi connectivity index (χ1v) is 14.2. The molecule has 0 unspecified atom stereocenters. The lowest BCUT2D eigenvalue weighted by atomic mass is 10.1. The molecule has 8 nitrogen and oxygen atoms in total. The number of rotatable bonds is 11. The fourth-order valence-electron chi connectivity index (χ4n) is 4.72. The second-order valence-electron chi connectivity index (χ2n) is 9.35. The molecule has 2 atom stereocenters. The molecule has 3 aromatic carbocycles. The smallest absolute Gasteiger partial charge is 0.242 e. The number of likely N-dealkylation sites (tertiary alicyclic amines) is 1. The van der Waals surface area contributed by atoms with E-state index in [9.17, 15) is 18.0 Å². The van der Waals surface area contributed by atoms with Gasteiger partial charge in [0.15, 0.2) is 0 Å². The van der Waals surface area contributed by atoms with Gasteiger partial charge in [0.25, 0.3) is 0 Å². The summed E-state index contributed by atoms with van der Waals surface area (Å²) in [6.07, 6.45) is 2.98. The van der Waals surface area contributed by atoms with Crippen LogP contribution in [0, 0.1) is 0 Å². The van der Waals surface area contributed by atoms with Crippen molar-refractivity contribution in [2.45, 2.75) is 49.1 Å². The van der Waals surface area contributed by atoms with Gasteiger partial charge < -0.3 is 16.0 Å². The number of sulfonamides is 1. The second kappa shape index (κ2) is 12.3. The van der Waals surface area contributed by atoms with Gasteiger partial charge in [0.2, 0.25) is 21.8 Å². The van der Waals surface area contributed by atoms with E-state index in [0.717, 1.165) is 29.2 Å². The summed E-state index contributed by atoms with van der Waals surface area (Å²) in [6, 6.07) is 20.0. The van der Waals surface area contributed by atoms with Gasteiger partial charge in [-0.2, -0.15) is 4.72 Å². The molecule has 1 aliphatic rings. The Morgan fingerprint density at radius 3 is 2.46 bits per heavy atom. The second-order valence-corrected chi connectivity index (χ2v) is 11.1. The Morgan fingerprint density at radius 1 is 0.973 bits per heavy atom. The Morgan fingerprint density at radius 2 is 1.70 bits per heavy atom. The van der Waals surface area contributed by atoms with E-state index >= 15 is 0 Å². The summed E-state index contributed by atoms with van der Waals surface area (Å²) in [5, 5.41) is 4.62. The van der Waals surface area contributed by atoms with E-state index in [1.54, 1.807) is 18.2 Å². The van der Waals surface area contributed by atoms with Crippen LogP contribution < -0.4 is 15.8 Å². The van der Waals surface area contributed by atoms with Crippen LogP contribution in [0.4, 0.5) is 0 Å². The molecule has 2 amide bonds. The molecule has 37 heavy (non-hydrogen) atoms. The van der Waals surface area contributed by atoms with Crippen molar-refractivity contribution < 1.29 is 18.0 Å². The molecule has 0 aromatic heterocycles. The maximum atomic E-state index is 13.8. The Kier molecular flexibility index (Phi) is 8.91. The molecule has 4 N–H and O–H groups in total. The van der Waals surface area contributed by atoms with Crippen LogP contribution in [-0.2, 0) is 26.0 Å². The van der Waals surface area contributed by atoms with Crippen LogP contribution in [0.25, 0.3) is 10.8 Å². The quantitative estimate of drug-likeness (QED) is 0.334. The summed E-state index contributed by atoms with van der Waals surface area (Å²) < 4.78 is 29.5. The minimum Gasteiger partial charge on any atom is -0.354 e. The van der Waals surface area contributed by atoms with Crippen LogP contribution in [0.3, 0.4) is 0 Å². The standard InChI is InChI=1S/C28H34N4O4S/c29-16-6-7-17-30-27(33)26-13-8-18-32(26)28(34)25(19-21-9-2-1-3-10-21)31-37(35,36)24-15-14-22-11-4-5-12-23(22)20-24/h1-5,9-12,14-15,20,25-26,31H,6-8,13,16-19,29H2,(H,30,33)/t25-,26+/m1/s1. The minimum absolute atomic E-state index is 0.0904. The van der Waals surface area contributed by atoms with E-state index in [0.29, 0.717) is 32.5 Å². The first kappa shape index (κ1) is 26.8. The number of benzene rings is 3. The van der Waals surface area contributed by atoms with E-state index < -0.39 is 28.0 Å². The number of hydrogen-bond donors (Lipinski definition) is 3. The van der Waals surface area contributed by atoms with Crippen molar-refractivity contribution in [3.8, 4) is 0 Å². The molecule has 0 bridgehead atoms. The largest absolute Gasteiger partial charge is 0.354 e. The maximum absolute atomic E-state index is 13.8. The van der Waals surface area contributed by atoms with Gasteiger partial charge in [0.1, 0.15) is 12.1 Å². The summed E-state index contributed by atoms with van der Waals surface area (Å²) >= 11 is 0. The topological polar surface area (TPSA) is 122 Å². The van der Waals surface area contributed by atoms with Crippen molar-refractivity contribution in [3.63, 3.8) is 0 Å². The number of unbranched alkanes of at least 4 members (excludes halogenated alkanes) is 1. The predicted molar refractivity (Wildman–Crippen MR) is 144 cm³/mol. The van der Waals surface area contributed by atoms with Crippen LogP contribution in [0.1, 0.15) is 31.2 Å². The van der Waals surface area contributed by atoms with Gasteiger partial charge in [-0.05, 0) is 67.1 Å². The summed E-state index contributed by atoms with van der Waals surface area (Å²) in [4.78, 5) is 28.2. The highest BCUT2D eigenvalue weighted by Crippen LogP contribution is 2.22. The van der Waals surface area contributed by atoms with Crippen molar-refractivity contribution in [1.82, 2.24) is 14.9 Å². The summed E-state index contributed by atoms with van der Waals surface area (Å²) in [5.41, 5.74) is 6.35. The Balaban J connectivity index is 1.56. The van der Waals surface area contributed by atoms with Gasteiger partial charge in [-0.3, -0.25) is 9.59 Å². The molecule has 3 aromatic rings. The molecule has 0 aliphatic carbocycles. The molecule has 1 fully saturated rings. The SMILES string of the molecule is NCCCCNC(=O)[C@@H]1CCCN1C(=O)[C@@H](Cc1ccccc1)NS(=O)(=O)c1ccc2ccccc2c1. The van der Waals surface area contributed by atoms with Gasteiger partial charge in [0.05, 0.1) is 4.90 Å². The molecule has 196 valence electrons. The Hall–Kier alpha value is -3.27. The van der Waals surface area contributed by atoms with Crippen molar-refractivity contribution in [2.75, 3.05) is 19.6 Å². The van der Waals surface area contributed by atoms with Crippen LogP contribution >= 0.6 is 0 Å². The highest BCUT2D eigenvalue weighted by atomic mass is 32.2. The monoisotopic (exact) mass is 522 g/mol. The maximum Gasteiger partial charge on any atom is 0.242 e. The lowest BCUT2D eigenvalue weighted by Crippen LogP contribution is -2.54. The van der Waals surface area contributed by atoms with Crippen LogP contribution in [0.15, 0.2) is 77.7 Å². The van der Waals surface area contributed by atoms with Crippen LogP contribution in [-0.4, -0.2) is 56.9 Å². The predicted octanol–water partition coefficient (Wildman–Crippen LogP) is 2.58. The van der Waals surface area contributed by atoms with E-state index in [-0.39, 0.29) is 17.2 Å². The average molecular weight is 523 g/mol. The third-order valence-corrected chi connectivity index (χ3v) is 8.15. The third-order valence-electron chi connectivity index (χ3n) is 6.68. The number of carbonyl (C=O) groups is 2. The fourth-order valence-corrected chi connectivity index (χ4v) is 5.95. The zero-order valence-corrected chi connectivity index (χ0v) is 21.6. The van der Waals surface area contributed by atoms with E-state index in [1.807, 2.05) is 54.6 Å². The molecule has 4 rings (SSSR count). The molecule has 0 saturated carbocycles. The Labute approximate surface area is 218 Å². The Bertz CT molecular complexity index is 1330. The van der Waals surface area contributed by atoms with Gasteiger partial charge in [-0.1, -0.05) is 60.7 Å². The first-order valence-electron chi connectivity index (χ1n) is 12.7. The lowest BCUT2D eigenvalue weighted by molar-refractivity contribution is -0.139. The highest BCUT2D eigenvalue weighted by Gasteiger charge is 2.38. The van der Waals surface area contributed by atoms with Crippen LogP contribution in [0.2, 0.25) is 0 Å². The van der Waals surface area contributed by atoms with Gasteiger partial charge in [-0.15, -0.1) is 0 Å². The van der Waals surface area contributed by atoms with Crippen molar-refractivity contribution in [1.29, 1.82) is 0 Å². The summed E-state index contributed by atoms with van der Waals surface area (Å²) in [7, 11) is -4.01. The van der Waals surface area contributed by atoms with Crippen molar-refractivity contribution in [2.24, 2.45) is 5.73 Å². The summed E-state index contributed by atoms with van der Waals surface area (Å²) in [6.45, 7) is 1.46. The number of hydrogen-bond acceptors (Lipinski definition) is 5. The molecule has 9 heteroatoms. The van der Waals surface area contributed by atoms with E-state index in [4.69, 9.17) is 5.73 Å². The number of nitrogens with two attached hydrogens (primary N) is 1. The normalized spacial score (nSPS) is 16.6. The van der Waals surface area contributed by atoms with E-state index in [2.05, 4.69) is 10.0 Å². The van der Waals surface area contributed by atoms with Crippen LogP contribution in [0.5, 0.6) is 0 Å². The molecular weight excluding hydrogens is 488 g/mol. The number of nitrogens with zero attached hydrogens (tertiary/aromatic N) is 1. The summed E-state index contributed by atoms with van der Waals surface area (Å²) in [5.74, 6) is -0.605. The fraction of sp³-hybridized carbons (Fsp3) is 0.357. The zero-order valence-electron chi connectivity index (χ0n) is 20.8. The molecule has 0 radical (unpaired) electrons. The minimum atomic E-state index is -4.01. The van der Waals surface area contributed by atoms with Crippen molar-refractivity contribution in [3.05, 3.63) is 78.4 Å². The van der Waals surface area contributed by atoms with Crippen molar-refractivity contribution >= 4 is 32.6 Å². The number of carbonyl (C=O) groups excluding carboxylic acids is 2. The molecule has 0 spiro atoms. The first-order chi connectivity index (χ1) is 17.9. The van der Waals surface area contributed by atoms with Gasteiger partial charge >= 0.3 is 0 Å². The number of fused-ring (bicyclic) bond motifs is 1. The van der Waals surface area contributed by atoms with Gasteiger partial charge in [-0.25, -0.2) is 8.42 Å². The van der Waals surface area contributed by atoms with Gasteiger partial charge in [0, 0.05) is 13.1 Å². The molecule has 1 saturated heterocycles.